The molecule has 1 saturated heterocycles. The fourth-order valence-electron chi connectivity index (χ4n) is 2.46. The van der Waals surface area contributed by atoms with Gasteiger partial charge in [0.1, 0.15) is 0 Å². The van der Waals surface area contributed by atoms with Crippen molar-refractivity contribution >= 4 is 23.4 Å². The Morgan fingerprint density at radius 3 is 2.54 bits per heavy atom. The van der Waals surface area contributed by atoms with Crippen LogP contribution < -0.4 is 11.1 Å². The third kappa shape index (κ3) is 5.40. The lowest BCUT2D eigenvalue weighted by Gasteiger charge is -2.35. The van der Waals surface area contributed by atoms with E-state index in [9.17, 15) is 0 Å². The number of nitrogens with two attached hydrogens (primary N) is 1. The van der Waals surface area contributed by atoms with Crippen molar-refractivity contribution < 1.29 is 0 Å². The minimum atomic E-state index is 0.0124. The van der Waals surface area contributed by atoms with Crippen molar-refractivity contribution in [2.45, 2.75) is 18.7 Å². The summed E-state index contributed by atoms with van der Waals surface area (Å²) in [6.07, 6.45) is 2.10. The minimum Gasteiger partial charge on any atom is -0.340 e. The number of guanidine groups is 1. The van der Waals surface area contributed by atoms with Gasteiger partial charge < -0.3 is 20.9 Å². The average molecular weight is 350 g/mol. The Morgan fingerprint density at radius 2 is 1.92 bits per heavy atom. The molecule has 0 bridgehead atoms. The molecule has 0 atom stereocenters. The van der Waals surface area contributed by atoms with Gasteiger partial charge in [-0.25, -0.2) is 0 Å². The molecule has 1 aliphatic heterocycles. The first kappa shape index (κ1) is 19.1. The van der Waals surface area contributed by atoms with Crippen LogP contribution in [0.25, 0.3) is 0 Å². The summed E-state index contributed by atoms with van der Waals surface area (Å²) in [5, 5.41) is 3.58. The van der Waals surface area contributed by atoms with Crippen LogP contribution >= 0.6 is 11.8 Å². The zero-order valence-electron chi connectivity index (χ0n) is 15.4. The normalized spacial score (nSPS) is 17.2. The van der Waals surface area contributed by atoms with Crippen molar-refractivity contribution in [2.24, 2.45) is 16.1 Å². The third-order valence-corrected chi connectivity index (χ3v) is 5.16. The fraction of sp³-hybridized carbons (Fsp3) is 0.611. The molecule has 5 nitrogen and oxygen atoms in total. The van der Waals surface area contributed by atoms with E-state index in [0.717, 1.165) is 44.4 Å². The maximum atomic E-state index is 5.87. The van der Waals surface area contributed by atoms with Crippen molar-refractivity contribution in [3.63, 3.8) is 0 Å². The first-order valence-corrected chi connectivity index (χ1v) is 9.76. The lowest BCUT2D eigenvalue weighted by molar-refractivity contribution is 0.214. The molecular weight excluding hydrogens is 318 g/mol. The van der Waals surface area contributed by atoms with Crippen molar-refractivity contribution in [3.8, 4) is 0 Å². The first-order chi connectivity index (χ1) is 11.4. The molecular formula is C18H31N5S. The molecule has 0 spiro atoms. The van der Waals surface area contributed by atoms with Crippen LogP contribution in [0.1, 0.15) is 13.8 Å². The van der Waals surface area contributed by atoms with Gasteiger partial charge in [-0.1, -0.05) is 26.0 Å². The van der Waals surface area contributed by atoms with Gasteiger partial charge in [-0.05, 0) is 37.4 Å². The molecule has 0 amide bonds. The van der Waals surface area contributed by atoms with Gasteiger partial charge >= 0.3 is 0 Å². The van der Waals surface area contributed by atoms with Crippen LogP contribution in [0.2, 0.25) is 0 Å². The van der Waals surface area contributed by atoms with Gasteiger partial charge in [-0.2, -0.15) is 0 Å². The molecule has 1 aromatic carbocycles. The quantitative estimate of drug-likeness (QED) is 0.486. The second kappa shape index (κ2) is 8.74. The Hall–Kier alpha value is -1.24. The molecule has 1 heterocycles. The summed E-state index contributed by atoms with van der Waals surface area (Å²) in [4.78, 5) is 10.8. The lowest BCUT2D eigenvalue weighted by Crippen LogP contribution is -2.49. The van der Waals surface area contributed by atoms with E-state index in [4.69, 9.17) is 10.7 Å². The topological polar surface area (TPSA) is 56.9 Å². The Morgan fingerprint density at radius 1 is 1.25 bits per heavy atom. The van der Waals surface area contributed by atoms with Gasteiger partial charge in [-0.15, -0.1) is 11.8 Å². The van der Waals surface area contributed by atoms with Crippen molar-refractivity contribution in [2.75, 3.05) is 57.9 Å². The summed E-state index contributed by atoms with van der Waals surface area (Å²) in [6, 6.07) is 8.39. The van der Waals surface area contributed by atoms with Crippen LogP contribution in [0, 0.1) is 5.41 Å². The fourth-order valence-corrected chi connectivity index (χ4v) is 3.01. The molecule has 0 aliphatic carbocycles. The number of likely N-dealkylation sites (N-methyl/N-ethyl adjacent to an activating group) is 1. The SMILES string of the molecule is CSc1ccccc1NC(=NCC(C)(C)CN)N1CCN(C)CC1. The van der Waals surface area contributed by atoms with Gasteiger partial charge in [0.15, 0.2) is 5.96 Å². The molecule has 0 saturated carbocycles. The third-order valence-electron chi connectivity index (χ3n) is 4.37. The van der Waals surface area contributed by atoms with Gasteiger partial charge in [0.2, 0.25) is 0 Å². The largest absolute Gasteiger partial charge is 0.340 e. The first-order valence-electron chi connectivity index (χ1n) is 8.53. The summed E-state index contributed by atoms with van der Waals surface area (Å²) < 4.78 is 0. The second-order valence-electron chi connectivity index (χ2n) is 7.12. The van der Waals surface area contributed by atoms with Gasteiger partial charge in [0.25, 0.3) is 0 Å². The number of thioether (sulfide) groups is 1. The average Bonchev–Trinajstić information content (AvgIpc) is 2.60. The lowest BCUT2D eigenvalue weighted by atomic mass is 9.94. The van der Waals surface area contributed by atoms with E-state index >= 15 is 0 Å². The van der Waals surface area contributed by atoms with Crippen LogP contribution in [0.5, 0.6) is 0 Å². The Labute approximate surface area is 150 Å². The van der Waals surface area contributed by atoms with Crippen LogP contribution in [0.3, 0.4) is 0 Å². The van der Waals surface area contributed by atoms with Gasteiger partial charge in [0.05, 0.1) is 5.69 Å². The number of nitrogens with one attached hydrogen (secondary N) is 1. The number of hydrogen-bond donors (Lipinski definition) is 2. The highest BCUT2D eigenvalue weighted by molar-refractivity contribution is 7.98. The predicted molar refractivity (Wildman–Crippen MR) is 106 cm³/mol. The number of anilines is 1. The highest BCUT2D eigenvalue weighted by Crippen LogP contribution is 2.25. The van der Waals surface area contributed by atoms with Crippen LogP contribution in [-0.2, 0) is 0 Å². The molecule has 1 aromatic rings. The number of rotatable bonds is 5. The molecule has 1 aliphatic rings. The van der Waals surface area contributed by atoms with E-state index in [0.29, 0.717) is 6.54 Å². The van der Waals surface area contributed by atoms with E-state index in [1.807, 2.05) is 0 Å². The molecule has 6 heteroatoms. The second-order valence-corrected chi connectivity index (χ2v) is 7.97. The highest BCUT2D eigenvalue weighted by atomic mass is 32.2. The monoisotopic (exact) mass is 349 g/mol. The molecule has 2 rings (SSSR count). The van der Waals surface area contributed by atoms with E-state index in [2.05, 4.69) is 66.5 Å². The standard InChI is InChI=1S/C18H31N5S/c1-18(2,13-19)14-20-17(23-11-9-22(3)10-12-23)21-15-7-5-6-8-16(15)24-4/h5-8H,9-14,19H2,1-4H3,(H,20,21). The predicted octanol–water partition coefficient (Wildman–Crippen LogP) is 2.41. The van der Waals surface area contributed by atoms with E-state index < -0.39 is 0 Å². The number of piperazine rings is 1. The molecule has 1 fully saturated rings. The summed E-state index contributed by atoms with van der Waals surface area (Å²) in [7, 11) is 2.17. The number of benzene rings is 1. The van der Waals surface area contributed by atoms with Gasteiger partial charge in [-0.3, -0.25) is 4.99 Å². The molecule has 3 N–H and O–H groups in total. The van der Waals surface area contributed by atoms with Crippen LogP contribution in [-0.4, -0.2) is 68.3 Å². The van der Waals surface area contributed by atoms with Crippen molar-refractivity contribution in [1.29, 1.82) is 0 Å². The molecule has 24 heavy (non-hydrogen) atoms. The summed E-state index contributed by atoms with van der Waals surface area (Å²) in [6.45, 7) is 9.78. The number of para-hydroxylation sites is 1. The Bertz CT molecular complexity index is 550. The maximum Gasteiger partial charge on any atom is 0.198 e. The van der Waals surface area contributed by atoms with Crippen LogP contribution in [0.15, 0.2) is 34.2 Å². The highest BCUT2D eigenvalue weighted by Gasteiger charge is 2.21. The number of nitrogens with zero attached hydrogens (tertiary/aromatic N) is 3. The molecule has 0 unspecified atom stereocenters. The maximum absolute atomic E-state index is 5.87. The molecule has 0 aromatic heterocycles. The van der Waals surface area contributed by atoms with Crippen molar-refractivity contribution in [1.82, 2.24) is 9.80 Å². The van der Waals surface area contributed by atoms with E-state index in [1.54, 1.807) is 11.8 Å². The molecule has 134 valence electrons. The zero-order chi connectivity index (χ0) is 17.6. The molecule has 0 radical (unpaired) electrons. The summed E-state index contributed by atoms with van der Waals surface area (Å²) >= 11 is 1.75. The van der Waals surface area contributed by atoms with E-state index in [1.165, 1.54) is 4.90 Å². The van der Waals surface area contributed by atoms with Crippen LogP contribution in [0.4, 0.5) is 5.69 Å². The summed E-state index contributed by atoms with van der Waals surface area (Å²) in [5.41, 5.74) is 7.01. The smallest absolute Gasteiger partial charge is 0.198 e. The van der Waals surface area contributed by atoms with Crippen molar-refractivity contribution in [3.05, 3.63) is 24.3 Å². The Balaban J connectivity index is 2.20. The van der Waals surface area contributed by atoms with E-state index in [-0.39, 0.29) is 5.41 Å². The minimum absolute atomic E-state index is 0.0124. The summed E-state index contributed by atoms with van der Waals surface area (Å²) in [5.74, 6) is 0.964. The van der Waals surface area contributed by atoms with Gasteiger partial charge in [0, 0.05) is 37.6 Å². The number of hydrogen-bond acceptors (Lipinski definition) is 4. The number of aliphatic imine (C=N–C) groups is 1. The Kier molecular flexibility index (Phi) is 6.95. The zero-order valence-corrected chi connectivity index (χ0v) is 16.2.